The second-order valence-electron chi connectivity index (χ2n) is 5.77. The predicted octanol–water partition coefficient (Wildman–Crippen LogP) is 3.46. The number of nitrogens with one attached hydrogen (secondary N) is 1. The van der Waals surface area contributed by atoms with Crippen LogP contribution in [0.3, 0.4) is 0 Å². The Bertz CT molecular complexity index is 549. The molecule has 120 valence electrons. The minimum absolute atomic E-state index is 0. The zero-order valence-electron chi connectivity index (χ0n) is 12.6. The van der Waals surface area contributed by atoms with Crippen molar-refractivity contribution in [3.63, 3.8) is 0 Å². The van der Waals surface area contributed by atoms with Gasteiger partial charge in [-0.25, -0.2) is 0 Å². The van der Waals surface area contributed by atoms with Crippen LogP contribution in [0.2, 0.25) is 0 Å². The van der Waals surface area contributed by atoms with E-state index < -0.39 is 0 Å². The SMILES string of the molecule is Cl.Cl.NCc1ccc(C2(Cc3ccccc3)CCNC2)cc1. The molecule has 1 aliphatic rings. The number of benzene rings is 2. The number of rotatable bonds is 4. The fourth-order valence-electron chi connectivity index (χ4n) is 3.22. The Balaban J connectivity index is 0.00000121. The van der Waals surface area contributed by atoms with Gasteiger partial charge < -0.3 is 11.1 Å². The molecule has 2 aromatic rings. The molecule has 1 saturated heterocycles. The highest BCUT2D eigenvalue weighted by Gasteiger charge is 2.35. The van der Waals surface area contributed by atoms with Crippen molar-refractivity contribution in [1.29, 1.82) is 0 Å². The van der Waals surface area contributed by atoms with Crippen LogP contribution in [0.25, 0.3) is 0 Å². The number of hydrogen-bond donors (Lipinski definition) is 2. The van der Waals surface area contributed by atoms with Crippen molar-refractivity contribution in [2.45, 2.75) is 24.8 Å². The molecule has 0 radical (unpaired) electrons. The van der Waals surface area contributed by atoms with Crippen molar-refractivity contribution in [1.82, 2.24) is 5.32 Å². The lowest BCUT2D eigenvalue weighted by Crippen LogP contribution is -2.31. The standard InChI is InChI=1S/C18H22N2.2ClH/c19-13-16-6-8-17(9-7-16)18(10-11-20-14-18)12-15-4-2-1-3-5-15;;/h1-9,20H,10-14,19H2;2*1H. The molecule has 1 atom stereocenters. The summed E-state index contributed by atoms with van der Waals surface area (Å²) in [5.41, 5.74) is 9.98. The molecule has 1 unspecified atom stereocenters. The van der Waals surface area contributed by atoms with Crippen LogP contribution in [0.15, 0.2) is 54.6 Å². The number of halogens is 2. The van der Waals surface area contributed by atoms with E-state index in [1.165, 1.54) is 23.1 Å². The summed E-state index contributed by atoms with van der Waals surface area (Å²) in [4.78, 5) is 0. The highest BCUT2D eigenvalue weighted by atomic mass is 35.5. The molecule has 4 heteroatoms. The molecule has 1 aliphatic heterocycles. The van der Waals surface area contributed by atoms with E-state index in [9.17, 15) is 0 Å². The van der Waals surface area contributed by atoms with E-state index in [2.05, 4.69) is 59.9 Å². The van der Waals surface area contributed by atoms with E-state index in [-0.39, 0.29) is 30.2 Å². The molecule has 0 amide bonds. The first-order chi connectivity index (χ1) is 9.82. The molecule has 0 aliphatic carbocycles. The van der Waals surface area contributed by atoms with Crippen molar-refractivity contribution in [3.8, 4) is 0 Å². The summed E-state index contributed by atoms with van der Waals surface area (Å²) in [5, 5.41) is 3.54. The van der Waals surface area contributed by atoms with Crippen LogP contribution in [0.4, 0.5) is 0 Å². The van der Waals surface area contributed by atoms with Gasteiger partial charge in [-0.15, -0.1) is 24.8 Å². The first-order valence-electron chi connectivity index (χ1n) is 7.37. The van der Waals surface area contributed by atoms with Gasteiger partial charge in [-0.2, -0.15) is 0 Å². The lowest BCUT2D eigenvalue weighted by atomic mass is 9.75. The number of hydrogen-bond acceptors (Lipinski definition) is 2. The summed E-state index contributed by atoms with van der Waals surface area (Å²) in [6.07, 6.45) is 2.30. The van der Waals surface area contributed by atoms with Gasteiger partial charge in [0.2, 0.25) is 0 Å². The van der Waals surface area contributed by atoms with E-state index in [4.69, 9.17) is 5.73 Å². The monoisotopic (exact) mass is 338 g/mol. The third kappa shape index (κ3) is 4.02. The van der Waals surface area contributed by atoms with E-state index in [0.29, 0.717) is 6.54 Å². The second kappa shape index (κ2) is 8.54. The summed E-state index contributed by atoms with van der Waals surface area (Å²) in [5.74, 6) is 0. The third-order valence-corrected chi connectivity index (χ3v) is 4.43. The molecule has 3 rings (SSSR count). The van der Waals surface area contributed by atoms with Gasteiger partial charge in [0.15, 0.2) is 0 Å². The maximum Gasteiger partial charge on any atom is 0.0178 e. The molecule has 2 nitrogen and oxygen atoms in total. The molecule has 0 bridgehead atoms. The van der Waals surface area contributed by atoms with E-state index >= 15 is 0 Å². The molecule has 3 N–H and O–H groups in total. The van der Waals surface area contributed by atoms with Crippen LogP contribution in [0.5, 0.6) is 0 Å². The van der Waals surface area contributed by atoms with Crippen LogP contribution >= 0.6 is 24.8 Å². The molecule has 1 fully saturated rings. The molecule has 0 spiro atoms. The van der Waals surface area contributed by atoms with Crippen molar-refractivity contribution in [2.75, 3.05) is 13.1 Å². The average molecular weight is 339 g/mol. The summed E-state index contributed by atoms with van der Waals surface area (Å²) >= 11 is 0. The van der Waals surface area contributed by atoms with Gasteiger partial charge in [0.25, 0.3) is 0 Å². The first-order valence-corrected chi connectivity index (χ1v) is 7.37. The second-order valence-corrected chi connectivity index (χ2v) is 5.77. The van der Waals surface area contributed by atoms with E-state index in [1.807, 2.05) is 0 Å². The third-order valence-electron chi connectivity index (χ3n) is 4.43. The van der Waals surface area contributed by atoms with Crippen LogP contribution in [0, 0.1) is 0 Å². The van der Waals surface area contributed by atoms with Gasteiger partial charge in [-0.1, -0.05) is 54.6 Å². The molecule has 22 heavy (non-hydrogen) atoms. The van der Waals surface area contributed by atoms with Crippen LogP contribution in [-0.4, -0.2) is 13.1 Å². The summed E-state index contributed by atoms with van der Waals surface area (Å²) in [6.45, 7) is 2.78. The van der Waals surface area contributed by atoms with E-state index in [1.54, 1.807) is 0 Å². The Kier molecular flexibility index (Phi) is 7.37. The Morgan fingerprint density at radius 3 is 2.14 bits per heavy atom. The minimum Gasteiger partial charge on any atom is -0.326 e. The molecule has 0 aromatic heterocycles. The highest BCUT2D eigenvalue weighted by molar-refractivity contribution is 5.85. The van der Waals surface area contributed by atoms with Gasteiger partial charge in [-0.3, -0.25) is 0 Å². The minimum atomic E-state index is 0. The maximum atomic E-state index is 5.70. The Morgan fingerprint density at radius 2 is 1.59 bits per heavy atom. The van der Waals surface area contributed by atoms with Crippen molar-refractivity contribution >= 4 is 24.8 Å². The molecule has 2 aromatic carbocycles. The quantitative estimate of drug-likeness (QED) is 0.895. The summed E-state index contributed by atoms with van der Waals surface area (Å²) in [7, 11) is 0. The molecule has 1 heterocycles. The predicted molar refractivity (Wildman–Crippen MR) is 98.1 cm³/mol. The van der Waals surface area contributed by atoms with Gasteiger partial charge >= 0.3 is 0 Å². The first kappa shape index (κ1) is 19.0. The maximum absolute atomic E-state index is 5.70. The van der Waals surface area contributed by atoms with Gasteiger partial charge in [0.05, 0.1) is 0 Å². The van der Waals surface area contributed by atoms with Gasteiger partial charge in [0, 0.05) is 18.5 Å². The Hall–Kier alpha value is -1.06. The van der Waals surface area contributed by atoms with Crippen molar-refractivity contribution < 1.29 is 0 Å². The fourth-order valence-corrected chi connectivity index (χ4v) is 3.22. The molecule has 0 saturated carbocycles. The molecular formula is C18H24Cl2N2. The largest absolute Gasteiger partial charge is 0.326 e. The topological polar surface area (TPSA) is 38.0 Å². The number of nitrogens with two attached hydrogens (primary N) is 1. The van der Waals surface area contributed by atoms with Gasteiger partial charge in [-0.05, 0) is 36.1 Å². The lowest BCUT2D eigenvalue weighted by Gasteiger charge is -2.29. The van der Waals surface area contributed by atoms with Crippen LogP contribution < -0.4 is 11.1 Å². The lowest BCUT2D eigenvalue weighted by molar-refractivity contribution is 0.467. The van der Waals surface area contributed by atoms with Crippen LogP contribution in [0.1, 0.15) is 23.1 Å². The zero-order valence-corrected chi connectivity index (χ0v) is 14.3. The smallest absolute Gasteiger partial charge is 0.0178 e. The van der Waals surface area contributed by atoms with Crippen molar-refractivity contribution in [3.05, 3.63) is 71.3 Å². The zero-order chi connectivity index (χ0) is 13.8. The normalized spacial score (nSPS) is 20.0. The summed E-state index contributed by atoms with van der Waals surface area (Å²) in [6, 6.07) is 19.7. The summed E-state index contributed by atoms with van der Waals surface area (Å²) < 4.78 is 0. The van der Waals surface area contributed by atoms with E-state index in [0.717, 1.165) is 19.5 Å². The highest BCUT2D eigenvalue weighted by Crippen LogP contribution is 2.34. The average Bonchev–Trinajstić information content (AvgIpc) is 2.98. The Morgan fingerprint density at radius 1 is 0.909 bits per heavy atom. The van der Waals surface area contributed by atoms with Gasteiger partial charge in [0.1, 0.15) is 0 Å². The Labute approximate surface area is 145 Å². The molecular weight excluding hydrogens is 315 g/mol. The van der Waals surface area contributed by atoms with Crippen molar-refractivity contribution in [2.24, 2.45) is 5.73 Å². The fraction of sp³-hybridized carbons (Fsp3) is 0.333. The van der Waals surface area contributed by atoms with Crippen LogP contribution in [-0.2, 0) is 18.4 Å².